The minimum atomic E-state index is 0.535. The van der Waals surface area contributed by atoms with Gasteiger partial charge in [-0.15, -0.1) is 0 Å². The van der Waals surface area contributed by atoms with Crippen molar-refractivity contribution in [3.63, 3.8) is 0 Å². The van der Waals surface area contributed by atoms with Crippen LogP contribution >= 0.6 is 23.2 Å². The van der Waals surface area contributed by atoms with Crippen LogP contribution in [0.2, 0.25) is 10.0 Å². The summed E-state index contributed by atoms with van der Waals surface area (Å²) in [6.45, 7) is 7.01. The molecule has 0 heterocycles. The Morgan fingerprint density at radius 1 is 0.559 bits per heavy atom. The molecule has 0 amide bonds. The zero-order valence-electron chi connectivity index (χ0n) is 20.0. The summed E-state index contributed by atoms with van der Waals surface area (Å²) in [7, 11) is 0. The van der Waals surface area contributed by atoms with Gasteiger partial charge in [-0.3, -0.25) is 4.90 Å². The van der Waals surface area contributed by atoms with Crippen LogP contribution in [0.15, 0.2) is 109 Å². The Bertz CT molecular complexity index is 1030. The Kier molecular flexibility index (Phi) is 10.7. The molecular weight excluding hydrogens is 457 g/mol. The molecule has 0 aromatic heterocycles. The normalized spacial score (nSPS) is 10.8. The van der Waals surface area contributed by atoms with Crippen LogP contribution in [0.5, 0.6) is 0 Å². The molecule has 0 aliphatic heterocycles. The van der Waals surface area contributed by atoms with Gasteiger partial charge in [0, 0.05) is 29.1 Å². The first-order chi connectivity index (χ1) is 16.6. The molecular formula is C31H33Cl2N. The van der Waals surface area contributed by atoms with E-state index in [9.17, 15) is 0 Å². The monoisotopic (exact) mass is 489 g/mol. The quantitative estimate of drug-likeness (QED) is 0.238. The van der Waals surface area contributed by atoms with Gasteiger partial charge < -0.3 is 0 Å². The summed E-state index contributed by atoms with van der Waals surface area (Å²) in [4.78, 5) is 2.32. The Balaban J connectivity index is 0.000000196. The molecule has 0 aliphatic rings. The standard InChI is InChI=1S/C16H17Cl2N.C15H16/c1-2-19(11-13-7-3-5-9-15(13)17)12-14-8-4-6-10-16(14)18;1-2-15(13-9-5-3-6-10-13)14-11-7-4-8-12-14/h3-10H,2,11-12H2,1H3;3-12,15H,2H2,1H3. The summed E-state index contributed by atoms with van der Waals surface area (Å²) in [5.74, 6) is 0.535. The van der Waals surface area contributed by atoms with E-state index in [0.29, 0.717) is 5.92 Å². The lowest BCUT2D eigenvalue weighted by atomic mass is 9.89. The van der Waals surface area contributed by atoms with E-state index in [0.717, 1.165) is 47.2 Å². The van der Waals surface area contributed by atoms with Crippen LogP contribution in [-0.4, -0.2) is 11.4 Å². The van der Waals surface area contributed by atoms with Crippen molar-refractivity contribution in [2.45, 2.75) is 39.3 Å². The van der Waals surface area contributed by atoms with E-state index in [1.54, 1.807) is 0 Å². The lowest BCUT2D eigenvalue weighted by Gasteiger charge is -2.21. The molecule has 1 nitrogen and oxygen atoms in total. The van der Waals surface area contributed by atoms with E-state index in [2.05, 4.69) is 91.5 Å². The number of benzene rings is 4. The van der Waals surface area contributed by atoms with Crippen molar-refractivity contribution in [2.75, 3.05) is 6.54 Å². The Hall–Kier alpha value is -2.58. The topological polar surface area (TPSA) is 3.24 Å². The molecule has 176 valence electrons. The van der Waals surface area contributed by atoms with Crippen molar-refractivity contribution >= 4 is 23.2 Å². The van der Waals surface area contributed by atoms with Crippen molar-refractivity contribution in [1.82, 2.24) is 4.90 Å². The van der Waals surface area contributed by atoms with Crippen LogP contribution in [0.4, 0.5) is 0 Å². The Morgan fingerprint density at radius 3 is 1.29 bits per heavy atom. The Morgan fingerprint density at radius 2 is 0.941 bits per heavy atom. The summed E-state index contributed by atoms with van der Waals surface area (Å²) in [5.41, 5.74) is 5.12. The molecule has 0 bridgehead atoms. The number of rotatable bonds is 8. The molecule has 4 rings (SSSR count). The van der Waals surface area contributed by atoms with Gasteiger partial charge in [0.15, 0.2) is 0 Å². The number of hydrogen-bond donors (Lipinski definition) is 0. The van der Waals surface area contributed by atoms with Crippen LogP contribution in [-0.2, 0) is 13.1 Å². The Labute approximate surface area is 215 Å². The predicted molar refractivity (Wildman–Crippen MR) is 148 cm³/mol. The summed E-state index contributed by atoms with van der Waals surface area (Å²) in [6, 6.07) is 37.4. The third kappa shape index (κ3) is 7.74. The highest BCUT2D eigenvalue weighted by atomic mass is 35.5. The van der Waals surface area contributed by atoms with Crippen LogP contribution < -0.4 is 0 Å². The third-order valence-corrected chi connectivity index (χ3v) is 6.70. The van der Waals surface area contributed by atoms with Crippen molar-refractivity contribution in [3.05, 3.63) is 141 Å². The molecule has 0 N–H and O–H groups in total. The summed E-state index contributed by atoms with van der Waals surface area (Å²) >= 11 is 12.4. The second-order valence-electron chi connectivity index (χ2n) is 8.27. The zero-order valence-corrected chi connectivity index (χ0v) is 21.5. The average Bonchev–Trinajstić information content (AvgIpc) is 2.88. The van der Waals surface area contributed by atoms with Gasteiger partial charge in [-0.2, -0.15) is 0 Å². The first-order valence-electron chi connectivity index (χ1n) is 11.9. The van der Waals surface area contributed by atoms with Crippen molar-refractivity contribution < 1.29 is 0 Å². The van der Waals surface area contributed by atoms with Crippen molar-refractivity contribution in [1.29, 1.82) is 0 Å². The molecule has 0 spiro atoms. The molecule has 0 aliphatic carbocycles. The maximum Gasteiger partial charge on any atom is 0.0451 e. The number of nitrogens with zero attached hydrogens (tertiary/aromatic N) is 1. The van der Waals surface area contributed by atoms with Gasteiger partial charge in [0.2, 0.25) is 0 Å². The van der Waals surface area contributed by atoms with Crippen LogP contribution in [0.3, 0.4) is 0 Å². The fraction of sp³-hybridized carbons (Fsp3) is 0.226. The number of halogens is 2. The van der Waals surface area contributed by atoms with E-state index in [4.69, 9.17) is 23.2 Å². The summed E-state index contributed by atoms with van der Waals surface area (Å²) < 4.78 is 0. The van der Waals surface area contributed by atoms with Gasteiger partial charge >= 0.3 is 0 Å². The second kappa shape index (κ2) is 14.0. The minimum absolute atomic E-state index is 0.535. The van der Waals surface area contributed by atoms with E-state index in [-0.39, 0.29) is 0 Å². The van der Waals surface area contributed by atoms with Gasteiger partial charge in [0.1, 0.15) is 0 Å². The molecule has 0 radical (unpaired) electrons. The summed E-state index contributed by atoms with van der Waals surface area (Å²) in [5, 5.41) is 1.64. The van der Waals surface area contributed by atoms with Gasteiger partial charge in [-0.1, -0.05) is 134 Å². The molecule has 0 unspecified atom stereocenters. The first-order valence-corrected chi connectivity index (χ1v) is 12.7. The van der Waals surface area contributed by atoms with Gasteiger partial charge in [-0.05, 0) is 47.4 Å². The first kappa shape index (κ1) is 26.0. The highest BCUT2D eigenvalue weighted by molar-refractivity contribution is 6.31. The minimum Gasteiger partial charge on any atom is -0.295 e. The highest BCUT2D eigenvalue weighted by Crippen LogP contribution is 2.27. The van der Waals surface area contributed by atoms with E-state index in [1.165, 1.54) is 11.1 Å². The van der Waals surface area contributed by atoms with Gasteiger partial charge in [0.25, 0.3) is 0 Å². The lowest BCUT2D eigenvalue weighted by molar-refractivity contribution is 0.271. The fourth-order valence-corrected chi connectivity index (χ4v) is 4.44. The molecule has 34 heavy (non-hydrogen) atoms. The van der Waals surface area contributed by atoms with E-state index in [1.807, 2.05) is 36.4 Å². The second-order valence-corrected chi connectivity index (χ2v) is 9.08. The van der Waals surface area contributed by atoms with E-state index >= 15 is 0 Å². The number of hydrogen-bond acceptors (Lipinski definition) is 1. The van der Waals surface area contributed by atoms with Crippen LogP contribution in [0.1, 0.15) is 48.4 Å². The van der Waals surface area contributed by atoms with E-state index < -0.39 is 0 Å². The molecule has 0 fully saturated rings. The van der Waals surface area contributed by atoms with Crippen LogP contribution in [0.25, 0.3) is 0 Å². The molecule has 3 heteroatoms. The molecule has 0 saturated carbocycles. The molecule has 4 aromatic carbocycles. The fourth-order valence-electron chi connectivity index (χ4n) is 4.05. The van der Waals surface area contributed by atoms with Crippen molar-refractivity contribution in [2.24, 2.45) is 0 Å². The largest absolute Gasteiger partial charge is 0.295 e. The van der Waals surface area contributed by atoms with Gasteiger partial charge in [0.05, 0.1) is 0 Å². The summed E-state index contributed by atoms with van der Waals surface area (Å²) in [6.07, 6.45) is 1.15. The predicted octanol–water partition coefficient (Wildman–Crippen LogP) is 9.24. The molecule has 0 atom stereocenters. The smallest absolute Gasteiger partial charge is 0.0451 e. The van der Waals surface area contributed by atoms with Crippen molar-refractivity contribution in [3.8, 4) is 0 Å². The SMILES string of the molecule is CCC(c1ccccc1)c1ccccc1.CCN(Cc1ccccc1Cl)Cc1ccccc1Cl. The maximum atomic E-state index is 6.21. The zero-order chi connectivity index (χ0) is 24.2. The lowest BCUT2D eigenvalue weighted by Crippen LogP contribution is -2.22. The molecule has 0 saturated heterocycles. The maximum absolute atomic E-state index is 6.21. The van der Waals surface area contributed by atoms with Crippen LogP contribution in [0, 0.1) is 0 Å². The highest BCUT2D eigenvalue weighted by Gasteiger charge is 2.10. The van der Waals surface area contributed by atoms with Gasteiger partial charge in [-0.25, -0.2) is 0 Å². The third-order valence-electron chi connectivity index (χ3n) is 5.96. The average molecular weight is 491 g/mol. The molecule has 4 aromatic rings.